The van der Waals surface area contributed by atoms with Crippen molar-refractivity contribution >= 4 is 21.7 Å². The first-order valence-corrected chi connectivity index (χ1v) is 6.66. The van der Waals surface area contributed by atoms with E-state index in [0.717, 1.165) is 5.69 Å². The minimum absolute atomic E-state index is 0.0481. The van der Waals surface area contributed by atoms with Gasteiger partial charge in [0.25, 0.3) is 0 Å². The summed E-state index contributed by atoms with van der Waals surface area (Å²) in [7, 11) is 1.79. The molecule has 0 atom stereocenters. The lowest BCUT2D eigenvalue weighted by atomic mass is 10.0. The maximum Gasteiger partial charge on any atom is 0.171 e. The highest BCUT2D eigenvalue weighted by molar-refractivity contribution is 9.10. The van der Waals surface area contributed by atoms with Crippen molar-refractivity contribution in [3.8, 4) is 0 Å². The summed E-state index contributed by atoms with van der Waals surface area (Å²) in [5.74, 6) is -0.480. The SMILES string of the molecule is Cc1nn(C)c(C)c1C(=O)Cc1ccc(Br)cc1F. The third-order valence-corrected chi connectivity index (χ3v) is 3.65. The van der Waals surface area contributed by atoms with Crippen LogP contribution in [0.4, 0.5) is 4.39 Å². The standard InChI is InChI=1S/C14H14BrFN2O/c1-8-14(9(2)18(3)17-8)13(19)6-10-4-5-11(15)7-12(10)16/h4-5,7H,6H2,1-3H3. The van der Waals surface area contributed by atoms with Gasteiger partial charge in [-0.3, -0.25) is 9.48 Å². The van der Waals surface area contributed by atoms with Crippen molar-refractivity contribution in [2.45, 2.75) is 20.3 Å². The van der Waals surface area contributed by atoms with E-state index in [1.165, 1.54) is 6.07 Å². The van der Waals surface area contributed by atoms with Gasteiger partial charge in [0.15, 0.2) is 5.78 Å². The lowest BCUT2D eigenvalue weighted by molar-refractivity contribution is 0.0990. The maximum atomic E-state index is 13.7. The van der Waals surface area contributed by atoms with E-state index in [0.29, 0.717) is 21.3 Å². The normalized spacial score (nSPS) is 10.8. The number of Topliss-reactive ketones (excluding diaryl/α,β-unsaturated/α-hetero) is 1. The van der Waals surface area contributed by atoms with E-state index < -0.39 is 0 Å². The van der Waals surface area contributed by atoms with Gasteiger partial charge in [0, 0.05) is 23.6 Å². The molecule has 3 nitrogen and oxygen atoms in total. The van der Waals surface area contributed by atoms with Gasteiger partial charge in [-0.05, 0) is 31.5 Å². The first-order chi connectivity index (χ1) is 8.90. The molecule has 0 bridgehead atoms. The number of hydrogen-bond donors (Lipinski definition) is 0. The zero-order valence-corrected chi connectivity index (χ0v) is 12.6. The van der Waals surface area contributed by atoms with Crippen molar-refractivity contribution in [2.24, 2.45) is 7.05 Å². The number of aromatic nitrogens is 2. The van der Waals surface area contributed by atoms with E-state index in [1.54, 1.807) is 30.8 Å². The average Bonchev–Trinajstić information content (AvgIpc) is 2.57. The van der Waals surface area contributed by atoms with Crippen molar-refractivity contribution in [1.29, 1.82) is 0 Å². The van der Waals surface area contributed by atoms with Gasteiger partial charge in [-0.15, -0.1) is 0 Å². The van der Waals surface area contributed by atoms with E-state index >= 15 is 0 Å². The molecule has 0 saturated carbocycles. The van der Waals surface area contributed by atoms with Crippen molar-refractivity contribution in [3.63, 3.8) is 0 Å². The molecule has 0 aliphatic carbocycles. The first-order valence-electron chi connectivity index (χ1n) is 5.87. The van der Waals surface area contributed by atoms with E-state index in [1.807, 2.05) is 6.92 Å². The van der Waals surface area contributed by atoms with E-state index in [9.17, 15) is 9.18 Å². The van der Waals surface area contributed by atoms with E-state index in [2.05, 4.69) is 21.0 Å². The molecule has 0 fully saturated rings. The largest absolute Gasteiger partial charge is 0.294 e. The fraction of sp³-hybridized carbons (Fsp3) is 0.286. The Kier molecular flexibility index (Phi) is 3.85. The number of rotatable bonds is 3. The second kappa shape index (κ2) is 5.25. The van der Waals surface area contributed by atoms with Gasteiger partial charge < -0.3 is 0 Å². The van der Waals surface area contributed by atoms with Crippen LogP contribution >= 0.6 is 15.9 Å². The Labute approximate surface area is 119 Å². The summed E-state index contributed by atoms with van der Waals surface area (Å²) in [4.78, 5) is 12.3. The van der Waals surface area contributed by atoms with Crippen molar-refractivity contribution in [3.05, 3.63) is 51.0 Å². The second-order valence-corrected chi connectivity index (χ2v) is 5.42. The Balaban J connectivity index is 2.31. The Morgan fingerprint density at radius 2 is 2.11 bits per heavy atom. The summed E-state index contributed by atoms with van der Waals surface area (Å²) in [5.41, 5.74) is 2.48. The number of halogens is 2. The molecule has 0 aliphatic rings. The number of nitrogens with zero attached hydrogens (tertiary/aromatic N) is 2. The zero-order chi connectivity index (χ0) is 14.2. The number of benzene rings is 1. The van der Waals surface area contributed by atoms with Crippen molar-refractivity contribution in [2.75, 3.05) is 0 Å². The third-order valence-electron chi connectivity index (χ3n) is 3.15. The third kappa shape index (κ3) is 2.76. The molecule has 0 unspecified atom stereocenters. The predicted molar refractivity (Wildman–Crippen MR) is 74.8 cm³/mol. The fourth-order valence-electron chi connectivity index (χ4n) is 2.10. The Morgan fingerprint density at radius 3 is 2.63 bits per heavy atom. The van der Waals surface area contributed by atoms with Crippen LogP contribution in [-0.4, -0.2) is 15.6 Å². The van der Waals surface area contributed by atoms with Gasteiger partial charge in [0.1, 0.15) is 5.82 Å². The van der Waals surface area contributed by atoms with E-state index in [-0.39, 0.29) is 18.0 Å². The summed E-state index contributed by atoms with van der Waals surface area (Å²) in [6.07, 6.45) is 0.0481. The summed E-state index contributed by atoms with van der Waals surface area (Å²) >= 11 is 3.20. The van der Waals surface area contributed by atoms with Crippen molar-refractivity contribution < 1.29 is 9.18 Å². The molecule has 100 valence electrons. The molecule has 0 radical (unpaired) electrons. The summed E-state index contributed by atoms with van der Waals surface area (Å²) in [6, 6.07) is 4.72. The molecule has 0 N–H and O–H groups in total. The van der Waals surface area contributed by atoms with E-state index in [4.69, 9.17) is 0 Å². The summed E-state index contributed by atoms with van der Waals surface area (Å²) < 4.78 is 16.1. The first kappa shape index (κ1) is 13.9. The molecule has 1 heterocycles. The van der Waals surface area contributed by atoms with Crippen LogP contribution in [0, 0.1) is 19.7 Å². The lowest BCUT2D eigenvalue weighted by Gasteiger charge is -2.04. The minimum atomic E-state index is -0.373. The van der Waals surface area contributed by atoms with Crippen LogP contribution in [0.15, 0.2) is 22.7 Å². The maximum absolute atomic E-state index is 13.7. The molecule has 2 aromatic rings. The van der Waals surface area contributed by atoms with Crippen LogP contribution in [0.1, 0.15) is 27.3 Å². The Hall–Kier alpha value is -1.49. The van der Waals surface area contributed by atoms with Gasteiger partial charge in [-0.2, -0.15) is 5.10 Å². The summed E-state index contributed by atoms with van der Waals surface area (Å²) in [5, 5.41) is 4.20. The molecule has 0 aliphatic heterocycles. The monoisotopic (exact) mass is 324 g/mol. The molecular formula is C14H14BrFN2O. The van der Waals surface area contributed by atoms with Gasteiger partial charge >= 0.3 is 0 Å². The zero-order valence-electron chi connectivity index (χ0n) is 11.0. The van der Waals surface area contributed by atoms with Gasteiger partial charge in [0.2, 0.25) is 0 Å². The Morgan fingerprint density at radius 1 is 1.42 bits per heavy atom. The number of aryl methyl sites for hydroxylation is 2. The topological polar surface area (TPSA) is 34.9 Å². The smallest absolute Gasteiger partial charge is 0.171 e. The fourth-order valence-corrected chi connectivity index (χ4v) is 2.44. The minimum Gasteiger partial charge on any atom is -0.294 e. The van der Waals surface area contributed by atoms with Gasteiger partial charge in [0.05, 0.1) is 11.3 Å². The molecule has 1 aromatic carbocycles. The Bertz CT molecular complexity index is 649. The lowest BCUT2D eigenvalue weighted by Crippen LogP contribution is -2.08. The molecule has 19 heavy (non-hydrogen) atoms. The molecule has 5 heteroatoms. The number of ketones is 1. The molecular weight excluding hydrogens is 311 g/mol. The number of hydrogen-bond acceptors (Lipinski definition) is 2. The number of carbonyl (C=O) groups excluding carboxylic acids is 1. The number of carbonyl (C=O) groups is 1. The summed E-state index contributed by atoms with van der Waals surface area (Å²) in [6.45, 7) is 3.63. The second-order valence-electron chi connectivity index (χ2n) is 4.51. The molecule has 0 spiro atoms. The quantitative estimate of drug-likeness (QED) is 0.811. The molecule has 2 rings (SSSR count). The molecule has 0 saturated heterocycles. The van der Waals surface area contributed by atoms with Crippen LogP contribution in [0.3, 0.4) is 0 Å². The predicted octanol–water partition coefficient (Wildman–Crippen LogP) is 3.36. The highest BCUT2D eigenvalue weighted by atomic mass is 79.9. The molecule has 1 aromatic heterocycles. The van der Waals surface area contributed by atoms with Crippen molar-refractivity contribution in [1.82, 2.24) is 9.78 Å². The van der Waals surface area contributed by atoms with Crippen LogP contribution in [0.25, 0.3) is 0 Å². The van der Waals surface area contributed by atoms with Crippen LogP contribution in [0.5, 0.6) is 0 Å². The average molecular weight is 325 g/mol. The highest BCUT2D eigenvalue weighted by Gasteiger charge is 2.18. The highest BCUT2D eigenvalue weighted by Crippen LogP contribution is 2.19. The molecule has 0 amide bonds. The van der Waals surface area contributed by atoms with Gasteiger partial charge in [-0.1, -0.05) is 22.0 Å². The van der Waals surface area contributed by atoms with Crippen LogP contribution < -0.4 is 0 Å². The van der Waals surface area contributed by atoms with Crippen LogP contribution in [0.2, 0.25) is 0 Å². The van der Waals surface area contributed by atoms with Gasteiger partial charge in [-0.25, -0.2) is 4.39 Å². The van der Waals surface area contributed by atoms with Crippen LogP contribution in [-0.2, 0) is 13.5 Å².